The normalized spacial score (nSPS) is 18.2. The van der Waals surface area contributed by atoms with E-state index in [1.165, 1.54) is 28.0 Å². The van der Waals surface area contributed by atoms with Crippen LogP contribution in [0.5, 0.6) is 0 Å². The van der Waals surface area contributed by atoms with Crippen LogP contribution in [0.15, 0.2) is 47.2 Å². The Balaban J connectivity index is 1.42. The summed E-state index contributed by atoms with van der Waals surface area (Å²) in [7, 11) is 3.23. The second kappa shape index (κ2) is 7.74. The van der Waals surface area contributed by atoms with Crippen LogP contribution in [0.4, 0.5) is 16.0 Å². The molecule has 5 rings (SSSR count). The molecule has 1 unspecified atom stereocenters. The quantitative estimate of drug-likeness (QED) is 0.467. The van der Waals surface area contributed by atoms with Gasteiger partial charge in [0.05, 0.1) is 23.3 Å². The molecule has 0 radical (unpaired) electrons. The molecule has 0 aliphatic carbocycles. The first-order valence-electron chi connectivity index (χ1n) is 10.1. The third-order valence-electron chi connectivity index (χ3n) is 5.39. The number of likely N-dealkylation sites (N-methyl/N-ethyl adjacent to an activating group) is 1. The van der Waals surface area contributed by atoms with Gasteiger partial charge in [0, 0.05) is 39.3 Å². The summed E-state index contributed by atoms with van der Waals surface area (Å²) in [6, 6.07) is 8.43. The summed E-state index contributed by atoms with van der Waals surface area (Å²) in [6.07, 6.45) is 3.23. The standard InChI is InChI=1S/C21H19FN8O3/c1-29-9-7-21(32,19(29)31)17-10-15(28-33-17)13-5-3-4-12(24-13)14-6-8-23-20(25-14)26-16-11-30(2)27-18(16)22/h3-6,8,10-11,32H,7,9H2,1-2H3,(H,23,25,26). The number of hydrogen-bond acceptors (Lipinski definition) is 9. The van der Waals surface area contributed by atoms with Gasteiger partial charge in [-0.25, -0.2) is 15.0 Å². The van der Waals surface area contributed by atoms with E-state index in [1.807, 2.05) is 0 Å². The maximum absolute atomic E-state index is 13.8. The Hall–Kier alpha value is -4.19. The Morgan fingerprint density at radius 1 is 1.15 bits per heavy atom. The van der Waals surface area contributed by atoms with Gasteiger partial charge in [-0.1, -0.05) is 11.2 Å². The van der Waals surface area contributed by atoms with E-state index in [4.69, 9.17) is 4.52 Å². The molecule has 4 aromatic heterocycles. The van der Waals surface area contributed by atoms with Crippen LogP contribution in [0.1, 0.15) is 12.2 Å². The van der Waals surface area contributed by atoms with Gasteiger partial charge in [-0.2, -0.15) is 4.39 Å². The third kappa shape index (κ3) is 3.69. The summed E-state index contributed by atoms with van der Waals surface area (Å²) in [4.78, 5) is 26.8. The van der Waals surface area contributed by atoms with Crippen LogP contribution in [0.3, 0.4) is 0 Å². The third-order valence-corrected chi connectivity index (χ3v) is 5.39. The van der Waals surface area contributed by atoms with Crippen LogP contribution < -0.4 is 5.32 Å². The smallest absolute Gasteiger partial charge is 0.262 e. The molecule has 12 heteroatoms. The molecule has 1 fully saturated rings. The van der Waals surface area contributed by atoms with Gasteiger partial charge in [0.2, 0.25) is 11.5 Å². The molecule has 4 aromatic rings. The SMILES string of the molecule is CN1CCC(O)(c2cc(-c3cccc(-c4ccnc(Nc5cn(C)nc5F)n4)n3)no2)C1=O. The molecule has 1 atom stereocenters. The van der Waals surface area contributed by atoms with Crippen molar-refractivity contribution >= 4 is 17.5 Å². The number of halogens is 1. The predicted molar refractivity (Wildman–Crippen MR) is 113 cm³/mol. The Labute approximate surface area is 186 Å². The van der Waals surface area contributed by atoms with Crippen molar-refractivity contribution in [1.82, 2.24) is 34.8 Å². The Morgan fingerprint density at radius 3 is 2.61 bits per heavy atom. The highest BCUT2D eigenvalue weighted by atomic mass is 19.1. The molecule has 168 valence electrons. The van der Waals surface area contributed by atoms with E-state index in [0.29, 0.717) is 29.3 Å². The number of nitrogens with one attached hydrogen (secondary N) is 1. The summed E-state index contributed by atoms with van der Waals surface area (Å²) in [6.45, 7) is 0.423. The lowest BCUT2D eigenvalue weighted by Gasteiger charge is -2.16. The van der Waals surface area contributed by atoms with Gasteiger partial charge in [-0.15, -0.1) is 5.10 Å². The average molecular weight is 450 g/mol. The molecular weight excluding hydrogens is 431 g/mol. The number of rotatable bonds is 5. The molecule has 1 saturated heterocycles. The Kier molecular flexibility index (Phi) is 4.86. The second-order valence-electron chi connectivity index (χ2n) is 7.72. The van der Waals surface area contributed by atoms with Crippen LogP contribution in [0, 0.1) is 5.95 Å². The largest absolute Gasteiger partial charge is 0.373 e. The van der Waals surface area contributed by atoms with E-state index in [9.17, 15) is 14.3 Å². The minimum atomic E-state index is -1.73. The van der Waals surface area contributed by atoms with E-state index in [2.05, 4.69) is 30.5 Å². The number of amides is 1. The highest BCUT2D eigenvalue weighted by Crippen LogP contribution is 2.34. The number of hydrogen-bond donors (Lipinski definition) is 2. The lowest BCUT2D eigenvalue weighted by atomic mass is 9.98. The Bertz CT molecular complexity index is 1350. The number of carbonyl (C=O) groups excluding carboxylic acids is 1. The van der Waals surface area contributed by atoms with Crippen LogP contribution in [0.25, 0.3) is 22.8 Å². The summed E-state index contributed by atoms with van der Waals surface area (Å²) >= 11 is 0. The zero-order valence-electron chi connectivity index (χ0n) is 17.7. The number of aromatic nitrogens is 6. The van der Waals surface area contributed by atoms with Crippen molar-refractivity contribution in [3.8, 4) is 22.8 Å². The van der Waals surface area contributed by atoms with Crippen LogP contribution >= 0.6 is 0 Å². The first kappa shape index (κ1) is 20.7. The highest BCUT2D eigenvalue weighted by molar-refractivity contribution is 5.87. The fourth-order valence-electron chi connectivity index (χ4n) is 3.62. The number of anilines is 2. The number of likely N-dealkylation sites (tertiary alicyclic amines) is 1. The van der Waals surface area contributed by atoms with Crippen molar-refractivity contribution in [2.24, 2.45) is 7.05 Å². The summed E-state index contributed by atoms with van der Waals surface area (Å²) in [5.41, 5.74) is 0.269. The number of nitrogens with zero attached hydrogens (tertiary/aromatic N) is 7. The average Bonchev–Trinajstić information content (AvgIpc) is 3.50. The maximum Gasteiger partial charge on any atom is 0.262 e. The fourth-order valence-corrected chi connectivity index (χ4v) is 3.62. The van der Waals surface area contributed by atoms with E-state index in [1.54, 1.807) is 38.4 Å². The number of aliphatic hydroxyl groups is 1. The zero-order valence-corrected chi connectivity index (χ0v) is 17.7. The summed E-state index contributed by atoms with van der Waals surface area (Å²) in [5.74, 6) is -0.840. The van der Waals surface area contributed by atoms with Gasteiger partial charge in [-0.05, 0) is 18.2 Å². The first-order chi connectivity index (χ1) is 15.8. The van der Waals surface area contributed by atoms with Crippen LogP contribution in [-0.4, -0.2) is 59.4 Å². The monoisotopic (exact) mass is 450 g/mol. The lowest BCUT2D eigenvalue weighted by molar-refractivity contribution is -0.144. The summed E-state index contributed by atoms with van der Waals surface area (Å²) < 4.78 is 20.5. The molecule has 1 amide bonds. The zero-order chi connectivity index (χ0) is 23.2. The fraction of sp³-hybridized carbons (Fsp3) is 0.238. The van der Waals surface area contributed by atoms with E-state index in [-0.39, 0.29) is 23.8 Å². The number of carbonyl (C=O) groups is 1. The van der Waals surface area contributed by atoms with E-state index < -0.39 is 17.5 Å². The van der Waals surface area contributed by atoms with Crippen molar-refractivity contribution in [2.75, 3.05) is 18.9 Å². The molecule has 33 heavy (non-hydrogen) atoms. The van der Waals surface area contributed by atoms with Gasteiger partial charge in [0.15, 0.2) is 5.76 Å². The van der Waals surface area contributed by atoms with Crippen molar-refractivity contribution < 1.29 is 18.8 Å². The maximum atomic E-state index is 13.8. The van der Waals surface area contributed by atoms with Gasteiger partial charge < -0.3 is 19.8 Å². The molecule has 11 nitrogen and oxygen atoms in total. The van der Waals surface area contributed by atoms with Gasteiger partial charge in [0.25, 0.3) is 11.9 Å². The predicted octanol–water partition coefficient (Wildman–Crippen LogP) is 1.86. The molecule has 0 bridgehead atoms. The molecule has 1 aliphatic heterocycles. The number of pyridine rings is 1. The number of aryl methyl sites for hydroxylation is 1. The van der Waals surface area contributed by atoms with Crippen LogP contribution in [-0.2, 0) is 17.4 Å². The van der Waals surface area contributed by atoms with Gasteiger partial charge in [-0.3, -0.25) is 9.48 Å². The summed E-state index contributed by atoms with van der Waals surface area (Å²) in [5, 5.41) is 21.2. The molecular formula is C21H19FN8O3. The highest BCUT2D eigenvalue weighted by Gasteiger charge is 2.48. The minimum absolute atomic E-state index is 0.0751. The Morgan fingerprint density at radius 2 is 1.91 bits per heavy atom. The molecule has 0 aromatic carbocycles. The topological polar surface area (TPSA) is 135 Å². The molecule has 2 N–H and O–H groups in total. The van der Waals surface area contributed by atoms with Gasteiger partial charge in [0.1, 0.15) is 11.4 Å². The van der Waals surface area contributed by atoms with Crippen LogP contribution in [0.2, 0.25) is 0 Å². The molecule has 5 heterocycles. The second-order valence-corrected chi connectivity index (χ2v) is 7.72. The van der Waals surface area contributed by atoms with Crippen molar-refractivity contribution in [2.45, 2.75) is 12.0 Å². The molecule has 1 aliphatic rings. The lowest BCUT2D eigenvalue weighted by Crippen LogP contribution is -2.35. The van der Waals surface area contributed by atoms with Crippen molar-refractivity contribution in [3.05, 3.63) is 54.4 Å². The van der Waals surface area contributed by atoms with Crippen molar-refractivity contribution in [3.63, 3.8) is 0 Å². The van der Waals surface area contributed by atoms with Crippen molar-refractivity contribution in [1.29, 1.82) is 0 Å². The van der Waals surface area contributed by atoms with Gasteiger partial charge >= 0.3 is 0 Å². The minimum Gasteiger partial charge on any atom is -0.373 e. The molecule has 0 saturated carbocycles. The molecule has 0 spiro atoms. The first-order valence-corrected chi connectivity index (χ1v) is 10.1. The van der Waals surface area contributed by atoms with E-state index in [0.717, 1.165) is 0 Å². The van der Waals surface area contributed by atoms with E-state index >= 15 is 0 Å².